The highest BCUT2D eigenvalue weighted by Gasteiger charge is 2.29. The lowest BCUT2D eigenvalue weighted by Gasteiger charge is -2.15. The topological polar surface area (TPSA) is 99.6 Å². The zero-order chi connectivity index (χ0) is 24.1. The van der Waals surface area contributed by atoms with Crippen LogP contribution in [0, 0.1) is 0 Å². The van der Waals surface area contributed by atoms with E-state index in [1.165, 1.54) is 22.7 Å². The van der Waals surface area contributed by atoms with Crippen molar-refractivity contribution in [3.05, 3.63) is 58.4 Å². The number of hydrogen-bond donors (Lipinski definition) is 1. The van der Waals surface area contributed by atoms with Gasteiger partial charge in [0.2, 0.25) is 0 Å². The molecule has 4 aromatic rings. The lowest BCUT2D eigenvalue weighted by molar-refractivity contribution is 0.103. The Morgan fingerprint density at radius 2 is 1.74 bits per heavy atom. The standard InChI is InChI=1S/C23H24N3O5PS2/c1-4-30-32(28,31-5-2)14-18-24-19(15-10-7-6-8-11-15)21(34-18)22(27)26-23-25-20-16(29-3)12-9-13-17(20)33-23/h6-13H,4-5,14H2,1-3H3,(H,25,26,27). The van der Waals surface area contributed by atoms with Crippen LogP contribution in [0.1, 0.15) is 28.5 Å². The summed E-state index contributed by atoms with van der Waals surface area (Å²) in [5.74, 6) is 0.296. The number of amides is 1. The van der Waals surface area contributed by atoms with Crippen molar-refractivity contribution in [3.63, 3.8) is 0 Å². The van der Waals surface area contributed by atoms with Gasteiger partial charge in [-0.25, -0.2) is 9.97 Å². The molecular weight excluding hydrogens is 493 g/mol. The molecular formula is C23H24N3O5PS2. The zero-order valence-corrected chi connectivity index (χ0v) is 21.5. The maximum Gasteiger partial charge on any atom is 0.337 e. The largest absolute Gasteiger partial charge is 0.494 e. The molecule has 0 fully saturated rings. The monoisotopic (exact) mass is 517 g/mol. The van der Waals surface area contributed by atoms with Gasteiger partial charge in [-0.1, -0.05) is 47.7 Å². The van der Waals surface area contributed by atoms with E-state index in [1.807, 2.05) is 48.5 Å². The summed E-state index contributed by atoms with van der Waals surface area (Å²) in [5, 5.41) is 3.84. The Balaban J connectivity index is 1.68. The molecule has 0 spiro atoms. The van der Waals surface area contributed by atoms with Gasteiger partial charge < -0.3 is 13.8 Å². The first-order valence-corrected chi connectivity index (χ1v) is 14.0. The summed E-state index contributed by atoms with van der Waals surface area (Å²) < 4.78 is 30.2. The molecule has 8 nitrogen and oxygen atoms in total. The summed E-state index contributed by atoms with van der Waals surface area (Å²) in [6, 6.07) is 15.0. The Hall–Kier alpha value is -2.62. The molecule has 0 aliphatic heterocycles. The normalized spacial score (nSPS) is 11.6. The van der Waals surface area contributed by atoms with Crippen LogP contribution in [0.5, 0.6) is 5.75 Å². The molecule has 1 N–H and O–H groups in total. The summed E-state index contributed by atoms with van der Waals surface area (Å²) in [5.41, 5.74) is 1.98. The van der Waals surface area contributed by atoms with Crippen LogP contribution in [0.2, 0.25) is 0 Å². The van der Waals surface area contributed by atoms with E-state index >= 15 is 0 Å². The molecule has 178 valence electrons. The highest BCUT2D eigenvalue weighted by atomic mass is 32.1. The van der Waals surface area contributed by atoms with Crippen molar-refractivity contribution in [1.29, 1.82) is 0 Å². The van der Waals surface area contributed by atoms with Crippen LogP contribution in [-0.4, -0.2) is 36.2 Å². The van der Waals surface area contributed by atoms with Crippen LogP contribution in [0.25, 0.3) is 21.5 Å². The highest BCUT2D eigenvalue weighted by molar-refractivity contribution is 7.53. The number of carbonyl (C=O) groups excluding carboxylic acids is 1. The Morgan fingerprint density at radius 1 is 1.00 bits per heavy atom. The van der Waals surface area contributed by atoms with Gasteiger partial charge in [0, 0.05) is 5.56 Å². The van der Waals surface area contributed by atoms with Crippen LogP contribution in [0.3, 0.4) is 0 Å². The number of aromatic nitrogens is 2. The van der Waals surface area contributed by atoms with E-state index in [0.29, 0.717) is 32.0 Å². The number of methoxy groups -OCH3 is 1. The van der Waals surface area contributed by atoms with Crippen molar-refractivity contribution in [1.82, 2.24) is 9.97 Å². The van der Waals surface area contributed by atoms with Crippen molar-refractivity contribution in [3.8, 4) is 17.0 Å². The van der Waals surface area contributed by atoms with E-state index in [2.05, 4.69) is 15.3 Å². The van der Waals surface area contributed by atoms with Crippen LogP contribution >= 0.6 is 30.3 Å². The smallest absolute Gasteiger partial charge is 0.337 e. The number of ether oxygens (including phenoxy) is 1. The molecule has 2 aromatic carbocycles. The van der Waals surface area contributed by atoms with Gasteiger partial charge in [0.25, 0.3) is 5.91 Å². The molecule has 4 rings (SSSR count). The van der Waals surface area contributed by atoms with Crippen molar-refractivity contribution in [2.45, 2.75) is 20.0 Å². The Morgan fingerprint density at radius 3 is 2.41 bits per heavy atom. The van der Waals surface area contributed by atoms with Crippen LogP contribution < -0.4 is 10.1 Å². The third-order valence-electron chi connectivity index (χ3n) is 4.73. The molecule has 0 saturated carbocycles. The Labute approximate surface area is 205 Å². The number of nitrogens with one attached hydrogen (secondary N) is 1. The molecule has 0 atom stereocenters. The fourth-order valence-corrected chi connectivity index (χ4v) is 7.19. The molecule has 2 aromatic heterocycles. The van der Waals surface area contributed by atoms with E-state index in [1.54, 1.807) is 21.0 Å². The molecule has 1 amide bonds. The second-order valence-electron chi connectivity index (χ2n) is 7.04. The Kier molecular flexibility index (Phi) is 7.75. The minimum absolute atomic E-state index is 0.00913. The zero-order valence-electron chi connectivity index (χ0n) is 18.9. The third kappa shape index (κ3) is 5.37. The van der Waals surface area contributed by atoms with Crippen LogP contribution in [0.4, 0.5) is 5.13 Å². The van der Waals surface area contributed by atoms with Crippen LogP contribution in [-0.2, 0) is 19.8 Å². The maximum absolute atomic E-state index is 13.3. The predicted octanol–water partition coefficient (Wildman–Crippen LogP) is 6.45. The number of hydrogen-bond acceptors (Lipinski definition) is 9. The van der Waals surface area contributed by atoms with Gasteiger partial charge >= 0.3 is 7.60 Å². The number of thiazole rings is 2. The quantitative estimate of drug-likeness (QED) is 0.241. The second kappa shape index (κ2) is 10.8. The van der Waals surface area contributed by atoms with Crippen molar-refractivity contribution in [2.75, 3.05) is 25.6 Å². The van der Waals surface area contributed by atoms with Gasteiger partial charge in [-0.05, 0) is 26.0 Å². The molecule has 0 aliphatic carbocycles. The predicted molar refractivity (Wildman–Crippen MR) is 136 cm³/mol. The van der Waals surface area contributed by atoms with E-state index in [-0.39, 0.29) is 25.3 Å². The first-order valence-electron chi connectivity index (χ1n) is 10.6. The van der Waals surface area contributed by atoms with Gasteiger partial charge in [0.15, 0.2) is 5.13 Å². The number of nitrogens with zero attached hydrogens (tertiary/aromatic N) is 2. The van der Waals surface area contributed by atoms with Gasteiger partial charge in [-0.3, -0.25) is 14.7 Å². The summed E-state index contributed by atoms with van der Waals surface area (Å²) in [6.45, 7) is 4.02. The molecule has 11 heteroatoms. The van der Waals surface area contributed by atoms with E-state index < -0.39 is 7.60 Å². The van der Waals surface area contributed by atoms with E-state index in [0.717, 1.165) is 10.3 Å². The van der Waals surface area contributed by atoms with Gasteiger partial charge in [-0.2, -0.15) is 0 Å². The maximum atomic E-state index is 13.3. The minimum atomic E-state index is -3.37. The number of fused-ring (bicyclic) bond motifs is 1. The summed E-state index contributed by atoms with van der Waals surface area (Å²) in [7, 11) is -1.79. The average Bonchev–Trinajstić information content (AvgIpc) is 3.43. The van der Waals surface area contributed by atoms with E-state index in [4.69, 9.17) is 13.8 Å². The van der Waals surface area contributed by atoms with Gasteiger partial charge in [-0.15, -0.1) is 11.3 Å². The lowest BCUT2D eigenvalue weighted by atomic mass is 10.1. The summed E-state index contributed by atoms with van der Waals surface area (Å²) >= 11 is 2.53. The molecule has 0 radical (unpaired) electrons. The highest BCUT2D eigenvalue weighted by Crippen LogP contribution is 2.52. The lowest BCUT2D eigenvalue weighted by Crippen LogP contribution is -2.11. The Bertz CT molecular complexity index is 1330. The molecule has 2 heterocycles. The van der Waals surface area contributed by atoms with Crippen molar-refractivity contribution >= 4 is 51.5 Å². The molecule has 34 heavy (non-hydrogen) atoms. The summed E-state index contributed by atoms with van der Waals surface area (Å²) in [4.78, 5) is 22.9. The van der Waals surface area contributed by atoms with Crippen molar-refractivity contribution in [2.24, 2.45) is 0 Å². The number of rotatable bonds is 10. The average molecular weight is 518 g/mol. The third-order valence-corrected chi connectivity index (χ3v) is 8.92. The van der Waals surface area contributed by atoms with Gasteiger partial charge in [0.05, 0.1) is 30.7 Å². The molecule has 0 unspecified atom stereocenters. The second-order valence-corrected chi connectivity index (χ2v) is 11.2. The fraction of sp³-hybridized carbons (Fsp3) is 0.261. The van der Waals surface area contributed by atoms with Crippen molar-refractivity contribution < 1.29 is 23.1 Å². The fourth-order valence-electron chi connectivity index (χ4n) is 3.36. The number of benzene rings is 2. The van der Waals surface area contributed by atoms with E-state index in [9.17, 15) is 9.36 Å². The first-order chi connectivity index (χ1) is 16.5. The van der Waals surface area contributed by atoms with Gasteiger partial charge in [0.1, 0.15) is 27.3 Å². The molecule has 0 bridgehead atoms. The summed E-state index contributed by atoms with van der Waals surface area (Å²) in [6.07, 6.45) is -0.00913. The minimum Gasteiger partial charge on any atom is -0.494 e. The number of anilines is 1. The SMILES string of the molecule is CCOP(=O)(Cc1nc(-c2ccccc2)c(C(=O)Nc2nc3c(OC)cccc3s2)s1)OCC. The first kappa shape index (κ1) is 24.5. The molecule has 0 aliphatic rings. The number of para-hydroxylation sites is 1. The number of carbonyl (C=O) groups is 1. The molecule has 0 saturated heterocycles. The van der Waals surface area contributed by atoms with Crippen LogP contribution in [0.15, 0.2) is 48.5 Å².